The van der Waals surface area contributed by atoms with Gasteiger partial charge in [0, 0.05) is 54.4 Å². The van der Waals surface area contributed by atoms with Crippen molar-refractivity contribution in [2.24, 2.45) is 0 Å². The van der Waals surface area contributed by atoms with Crippen LogP contribution in [-0.2, 0) is 35.3 Å². The fourth-order valence-corrected chi connectivity index (χ4v) is 7.43. The van der Waals surface area contributed by atoms with Gasteiger partial charge in [0.15, 0.2) is 0 Å². The van der Waals surface area contributed by atoms with Gasteiger partial charge >= 0.3 is 12.1 Å². The second-order valence-corrected chi connectivity index (χ2v) is 13.7. The van der Waals surface area contributed by atoms with Gasteiger partial charge in [-0.2, -0.15) is 18.2 Å². The summed E-state index contributed by atoms with van der Waals surface area (Å²) in [6.45, 7) is 0.141. The maximum Gasteiger partial charge on any atom is 0.421 e. The number of halogens is 5. The van der Waals surface area contributed by atoms with Gasteiger partial charge in [-0.3, -0.25) is 14.5 Å². The highest BCUT2D eigenvalue weighted by Crippen LogP contribution is 2.46. The van der Waals surface area contributed by atoms with E-state index in [1.165, 1.54) is 32.2 Å². The van der Waals surface area contributed by atoms with Gasteiger partial charge in [0.2, 0.25) is 17.7 Å². The lowest BCUT2D eigenvalue weighted by atomic mass is 9.93. The Balaban J connectivity index is 1.27. The zero-order valence-corrected chi connectivity index (χ0v) is 30.5. The monoisotopic (exact) mass is 770 g/mol. The number of pyridine rings is 1. The van der Waals surface area contributed by atoms with E-state index in [0.29, 0.717) is 70.8 Å². The number of aromatic nitrogens is 1. The number of aliphatic carboxylic acids is 1. The predicted octanol–water partition coefficient (Wildman–Crippen LogP) is 7.20. The van der Waals surface area contributed by atoms with Crippen LogP contribution in [0.15, 0.2) is 54.6 Å². The molecular formula is C39H39ClF4N4O6. The van der Waals surface area contributed by atoms with Gasteiger partial charge in [0.25, 0.3) is 0 Å². The first-order valence-electron chi connectivity index (χ1n) is 17.3. The van der Waals surface area contributed by atoms with Crippen molar-refractivity contribution < 1.29 is 46.5 Å². The molecule has 1 fully saturated rings. The highest BCUT2D eigenvalue weighted by molar-refractivity contribution is 6.36. The standard InChI is InChI=1S/C39H39ClF4N4O6/c1-48(20-35(50)51)19-22-14-30(39(42,43)44)38(47-37(22)53-3)54-32-12-11-26-25(7-5-8-27(26)32)28-9-4-6-24(36(28)40)21-15-31(41)29(33(16-21)52-2)18-45-17-23-10-13-34(49)46-23/h4-9,14-16,23,32,45H,10-13,17-20H2,1-3H3,(H,46,49)(H,50,51)/t23-,32-/m0/s1. The van der Waals surface area contributed by atoms with E-state index >= 15 is 4.39 Å². The van der Waals surface area contributed by atoms with Gasteiger partial charge in [-0.05, 0) is 66.8 Å². The van der Waals surface area contributed by atoms with Crippen molar-refractivity contribution in [1.29, 1.82) is 0 Å². The summed E-state index contributed by atoms with van der Waals surface area (Å²) in [4.78, 5) is 28.1. The maximum atomic E-state index is 15.6. The molecule has 1 aliphatic carbocycles. The molecule has 0 radical (unpaired) electrons. The number of likely N-dealkylation sites (N-methyl/N-ethyl adjacent to an activating group) is 1. The number of rotatable bonds is 14. The number of amides is 1. The van der Waals surface area contributed by atoms with Crippen LogP contribution < -0.4 is 24.8 Å². The van der Waals surface area contributed by atoms with Crippen LogP contribution in [0.2, 0.25) is 5.02 Å². The van der Waals surface area contributed by atoms with Crippen LogP contribution in [0.1, 0.15) is 53.2 Å². The summed E-state index contributed by atoms with van der Waals surface area (Å²) in [5.41, 5.74) is 3.28. The molecule has 1 saturated heterocycles. The molecular weight excluding hydrogens is 732 g/mol. The molecule has 0 saturated carbocycles. The minimum Gasteiger partial charge on any atom is -0.496 e. The fourth-order valence-electron chi connectivity index (χ4n) is 7.09. The number of carboxylic acids is 1. The number of fused-ring (bicyclic) bond motifs is 1. The van der Waals surface area contributed by atoms with Crippen LogP contribution >= 0.6 is 11.6 Å². The van der Waals surface area contributed by atoms with E-state index in [4.69, 9.17) is 30.9 Å². The Morgan fingerprint density at radius 1 is 1.04 bits per heavy atom. The number of ether oxygens (including phenoxy) is 3. The molecule has 6 rings (SSSR count). The number of carbonyl (C=O) groups is 2. The number of carbonyl (C=O) groups excluding carboxylic acids is 1. The Hall–Kier alpha value is -4.92. The molecule has 2 aliphatic rings. The SMILES string of the molecule is COc1cc(-c2cccc(-c3cccc4c3CC[C@@H]4Oc3nc(OC)c(CN(C)CC(=O)O)cc3C(F)(F)F)c2Cl)cc(F)c1CNC[C@@H]1CCC(=O)N1. The summed E-state index contributed by atoms with van der Waals surface area (Å²) >= 11 is 7.06. The third kappa shape index (κ3) is 8.40. The quantitative estimate of drug-likeness (QED) is 0.114. The Labute approximate surface area is 314 Å². The van der Waals surface area contributed by atoms with E-state index < -0.39 is 42.1 Å². The average Bonchev–Trinajstić information content (AvgIpc) is 3.73. The lowest BCUT2D eigenvalue weighted by Crippen LogP contribution is -2.35. The number of nitrogens with one attached hydrogen (secondary N) is 2. The lowest BCUT2D eigenvalue weighted by Gasteiger charge is -2.22. The molecule has 2 heterocycles. The van der Waals surface area contributed by atoms with Crippen LogP contribution in [0.25, 0.3) is 22.3 Å². The first kappa shape index (κ1) is 38.8. The molecule has 4 aromatic rings. The van der Waals surface area contributed by atoms with Gasteiger partial charge in [0.1, 0.15) is 23.2 Å². The summed E-state index contributed by atoms with van der Waals surface area (Å²) in [5.74, 6) is -2.04. The molecule has 0 spiro atoms. The second-order valence-electron chi connectivity index (χ2n) is 13.3. The Morgan fingerprint density at radius 2 is 1.78 bits per heavy atom. The number of benzene rings is 3. The second kappa shape index (κ2) is 16.2. The smallest absolute Gasteiger partial charge is 0.421 e. The molecule has 0 unspecified atom stereocenters. The largest absolute Gasteiger partial charge is 0.496 e. The number of hydrogen-bond donors (Lipinski definition) is 3. The van der Waals surface area contributed by atoms with Crippen LogP contribution in [0, 0.1) is 5.82 Å². The van der Waals surface area contributed by atoms with Crippen molar-refractivity contribution in [1.82, 2.24) is 20.5 Å². The predicted molar refractivity (Wildman–Crippen MR) is 193 cm³/mol. The maximum absolute atomic E-state index is 15.6. The van der Waals surface area contributed by atoms with Crippen molar-refractivity contribution >= 4 is 23.5 Å². The van der Waals surface area contributed by atoms with Crippen molar-refractivity contribution in [3.63, 3.8) is 0 Å². The summed E-state index contributed by atoms with van der Waals surface area (Å²) in [6, 6.07) is 14.8. The van der Waals surface area contributed by atoms with E-state index in [0.717, 1.165) is 17.2 Å². The molecule has 15 heteroatoms. The van der Waals surface area contributed by atoms with E-state index in [9.17, 15) is 22.8 Å². The highest BCUT2D eigenvalue weighted by Gasteiger charge is 2.39. The topological polar surface area (TPSA) is 122 Å². The van der Waals surface area contributed by atoms with E-state index in [-0.39, 0.29) is 36.5 Å². The Kier molecular flexibility index (Phi) is 11.6. The van der Waals surface area contributed by atoms with Gasteiger partial charge in [-0.25, -0.2) is 4.39 Å². The zero-order chi connectivity index (χ0) is 38.7. The summed E-state index contributed by atoms with van der Waals surface area (Å²) in [6.07, 6.45) is -3.57. The third-order valence-corrected chi connectivity index (χ3v) is 10.00. The first-order valence-corrected chi connectivity index (χ1v) is 17.6. The Morgan fingerprint density at radius 3 is 2.46 bits per heavy atom. The number of carboxylic acid groups (broad SMARTS) is 1. The van der Waals surface area contributed by atoms with Gasteiger partial charge in [-0.15, -0.1) is 0 Å². The van der Waals surface area contributed by atoms with Crippen molar-refractivity contribution in [3.05, 3.63) is 93.3 Å². The minimum absolute atomic E-state index is 0.00327. The molecule has 3 N–H and O–H groups in total. The van der Waals surface area contributed by atoms with E-state index in [1.54, 1.807) is 30.3 Å². The third-order valence-electron chi connectivity index (χ3n) is 9.59. The fraction of sp³-hybridized carbons (Fsp3) is 0.359. The van der Waals surface area contributed by atoms with Gasteiger partial charge in [0.05, 0.1) is 25.8 Å². The minimum atomic E-state index is -4.82. The zero-order valence-electron chi connectivity index (χ0n) is 29.8. The molecule has 3 aromatic carbocycles. The number of alkyl halides is 3. The molecule has 0 bridgehead atoms. The van der Waals surface area contributed by atoms with Crippen LogP contribution in [0.5, 0.6) is 17.5 Å². The van der Waals surface area contributed by atoms with Crippen molar-refractivity contribution in [3.8, 4) is 39.8 Å². The van der Waals surface area contributed by atoms with Crippen LogP contribution in [0.3, 0.4) is 0 Å². The molecule has 54 heavy (non-hydrogen) atoms. The molecule has 1 amide bonds. The van der Waals surface area contributed by atoms with Crippen LogP contribution in [0.4, 0.5) is 17.6 Å². The van der Waals surface area contributed by atoms with E-state index in [2.05, 4.69) is 15.6 Å². The average molecular weight is 771 g/mol. The van der Waals surface area contributed by atoms with Gasteiger partial charge < -0.3 is 30.0 Å². The molecule has 1 aliphatic heterocycles. The van der Waals surface area contributed by atoms with E-state index in [1.807, 2.05) is 12.1 Å². The molecule has 1 aromatic heterocycles. The summed E-state index contributed by atoms with van der Waals surface area (Å²) in [5, 5.41) is 15.5. The number of methoxy groups -OCH3 is 2. The molecule has 10 nitrogen and oxygen atoms in total. The number of nitrogens with zero attached hydrogens (tertiary/aromatic N) is 2. The highest BCUT2D eigenvalue weighted by atomic mass is 35.5. The Bertz CT molecular complexity index is 2060. The molecule has 2 atom stereocenters. The van der Waals surface area contributed by atoms with Crippen LogP contribution in [-0.4, -0.2) is 67.3 Å². The summed E-state index contributed by atoms with van der Waals surface area (Å²) < 4.78 is 75.7. The van der Waals surface area contributed by atoms with Gasteiger partial charge in [-0.1, -0.05) is 48.0 Å². The molecule has 286 valence electrons. The summed E-state index contributed by atoms with van der Waals surface area (Å²) in [7, 11) is 4.19. The van der Waals surface area contributed by atoms with Crippen molar-refractivity contribution in [2.75, 3.05) is 34.4 Å². The van der Waals surface area contributed by atoms with Crippen molar-refractivity contribution in [2.45, 2.75) is 57.1 Å². The lowest BCUT2D eigenvalue weighted by molar-refractivity contribution is -0.140. The normalized spacial score (nSPS) is 16.7. The number of hydrogen-bond acceptors (Lipinski definition) is 8. The first-order chi connectivity index (χ1) is 25.8.